The molecule has 0 N–H and O–H groups in total. The van der Waals surface area contributed by atoms with Crippen molar-refractivity contribution in [3.05, 3.63) is 11.7 Å². The molecule has 1 aliphatic heterocycles. The summed E-state index contributed by atoms with van der Waals surface area (Å²) in [5.74, 6) is 0.590. The molecule has 7 heteroatoms. The average molecular weight is 720 g/mol. The predicted molar refractivity (Wildman–Crippen MR) is 151 cm³/mol. The Morgan fingerprint density at radius 1 is 0.611 bits per heavy atom. The van der Waals surface area contributed by atoms with Crippen molar-refractivity contribution in [1.29, 1.82) is 0 Å². The normalized spacial score (nSPS) is 35.4. The third kappa shape index (κ3) is 11.4. The molecule has 7 atom stereocenters. The van der Waals surface area contributed by atoms with Gasteiger partial charge in [0, 0.05) is 49.0 Å². The number of halogens is 1. The molecule has 0 spiro atoms. The van der Waals surface area contributed by atoms with Crippen molar-refractivity contribution in [3.63, 3.8) is 0 Å². The van der Waals surface area contributed by atoms with Crippen LogP contribution in [0.5, 0.6) is 0 Å². The standard InChI is InChI=1S/C18H34O2P2.C11H18FN.Ir/c1-3-9-15(10-4-1)19-21-17-13-7-8-14-18(17)22-20-16-11-5-2-6-12-16;12-10-6-4-9(5-7-10)11-3-1-2-8-13-11;/h15-18,21-22H,1-14H2;4,9-11H,1-3,5-8H2;/q;-2;. The molecule has 213 valence electrons. The van der Waals surface area contributed by atoms with Gasteiger partial charge in [-0.05, 0) is 44.9 Å². The summed E-state index contributed by atoms with van der Waals surface area (Å²) in [6.07, 6.45) is 28.2. The first-order valence-electron chi connectivity index (χ1n) is 15.2. The van der Waals surface area contributed by atoms with Gasteiger partial charge in [-0.1, -0.05) is 77.0 Å². The average Bonchev–Trinajstić information content (AvgIpc) is 2.94. The Morgan fingerprint density at radius 3 is 1.61 bits per heavy atom. The number of hydrogen-bond acceptors (Lipinski definition) is 2. The van der Waals surface area contributed by atoms with Crippen molar-refractivity contribution >= 4 is 17.6 Å². The van der Waals surface area contributed by atoms with Crippen LogP contribution in [0.1, 0.15) is 128 Å². The van der Waals surface area contributed by atoms with Gasteiger partial charge >= 0.3 is 0 Å². The monoisotopic (exact) mass is 720 g/mol. The van der Waals surface area contributed by atoms with E-state index >= 15 is 0 Å². The molecule has 1 saturated heterocycles. The van der Waals surface area contributed by atoms with Crippen molar-refractivity contribution in [3.8, 4) is 0 Å². The van der Waals surface area contributed by atoms with Crippen molar-refractivity contribution in [2.75, 3.05) is 6.54 Å². The van der Waals surface area contributed by atoms with E-state index in [0.717, 1.165) is 48.3 Å². The molecule has 4 saturated carbocycles. The van der Waals surface area contributed by atoms with Crippen LogP contribution in [-0.2, 0) is 29.2 Å². The smallest absolute Gasteiger partial charge is 0.0733 e. The van der Waals surface area contributed by atoms with Gasteiger partial charge in [-0.3, -0.25) is 4.39 Å². The molecule has 0 aromatic rings. The Morgan fingerprint density at radius 2 is 1.14 bits per heavy atom. The second-order valence-electron chi connectivity index (χ2n) is 11.8. The largest absolute Gasteiger partial charge is 0.661 e. The van der Waals surface area contributed by atoms with E-state index in [1.807, 2.05) is 0 Å². The third-order valence-electron chi connectivity index (χ3n) is 8.92. The van der Waals surface area contributed by atoms with Gasteiger partial charge in [-0.25, -0.2) is 0 Å². The minimum atomic E-state index is -0.570. The number of piperidine rings is 1. The molecular formula is C29H52FIrNO2P2-2. The summed E-state index contributed by atoms with van der Waals surface area (Å²) in [4.78, 5) is 0. The molecule has 5 rings (SSSR count). The Bertz CT molecular complexity index is 521. The molecule has 1 heterocycles. The van der Waals surface area contributed by atoms with Crippen LogP contribution in [0.2, 0.25) is 0 Å². The third-order valence-corrected chi connectivity index (χ3v) is 12.2. The van der Waals surface area contributed by atoms with Crippen LogP contribution < -0.4 is 0 Å². The van der Waals surface area contributed by atoms with E-state index in [1.165, 1.54) is 109 Å². The number of nitrogens with zero attached hydrogens (tertiary/aromatic N) is 1. The van der Waals surface area contributed by atoms with Gasteiger partial charge in [0.2, 0.25) is 0 Å². The van der Waals surface area contributed by atoms with E-state index in [9.17, 15) is 4.39 Å². The maximum atomic E-state index is 12.9. The maximum absolute atomic E-state index is 12.9. The molecule has 0 aromatic heterocycles. The summed E-state index contributed by atoms with van der Waals surface area (Å²) in [6.45, 7) is 1.04. The van der Waals surface area contributed by atoms with Crippen LogP contribution in [-0.4, -0.2) is 42.3 Å². The molecule has 5 fully saturated rings. The topological polar surface area (TPSA) is 32.6 Å². The molecule has 0 amide bonds. The first kappa shape index (κ1) is 31.8. The van der Waals surface area contributed by atoms with Gasteiger partial charge in [0.25, 0.3) is 0 Å². The number of alkyl halides is 1. The Kier molecular flexibility index (Phi) is 16.5. The van der Waals surface area contributed by atoms with Crippen LogP contribution >= 0.6 is 17.6 Å². The quantitative estimate of drug-likeness (QED) is 0.194. The molecule has 0 aromatic carbocycles. The zero-order chi connectivity index (χ0) is 24.1. The Balaban J connectivity index is 0.000000221. The van der Waals surface area contributed by atoms with Crippen molar-refractivity contribution in [1.82, 2.24) is 0 Å². The summed E-state index contributed by atoms with van der Waals surface area (Å²) in [7, 11) is 1.48. The van der Waals surface area contributed by atoms with Gasteiger partial charge in [0.1, 0.15) is 0 Å². The fraction of sp³-hybridized carbons (Fsp3) is 0.966. The van der Waals surface area contributed by atoms with Crippen LogP contribution in [0.25, 0.3) is 5.32 Å². The van der Waals surface area contributed by atoms with Crippen molar-refractivity contribution < 1.29 is 33.5 Å². The van der Waals surface area contributed by atoms with E-state index in [2.05, 4.69) is 11.7 Å². The van der Waals surface area contributed by atoms with Crippen LogP contribution in [0.4, 0.5) is 4.39 Å². The molecule has 0 bridgehead atoms. The van der Waals surface area contributed by atoms with E-state index < -0.39 is 6.17 Å². The van der Waals surface area contributed by atoms with Gasteiger partial charge < -0.3 is 20.8 Å². The first-order chi connectivity index (χ1) is 17.3. The molecule has 4 aliphatic carbocycles. The van der Waals surface area contributed by atoms with E-state index in [4.69, 9.17) is 9.05 Å². The first-order valence-corrected chi connectivity index (χ1v) is 17.2. The van der Waals surface area contributed by atoms with Gasteiger partial charge in [0.05, 0.1) is 18.4 Å². The zero-order valence-corrected chi connectivity index (χ0v) is 26.8. The predicted octanol–water partition coefficient (Wildman–Crippen LogP) is 9.44. The van der Waals surface area contributed by atoms with Crippen molar-refractivity contribution in [2.24, 2.45) is 5.92 Å². The van der Waals surface area contributed by atoms with Crippen LogP contribution in [0.3, 0.4) is 0 Å². The molecule has 1 radical (unpaired) electrons. The summed E-state index contributed by atoms with van der Waals surface area (Å²) >= 11 is 0. The Labute approximate surface area is 238 Å². The SMILES string of the molecule is C1CCC(OPC2CCCCC2POC2CCCCC2)CC1.FC1C[CH-]C(C2CCCC[N-]2)CC1.[Ir]. The van der Waals surface area contributed by atoms with Gasteiger partial charge in [-0.15, -0.1) is 13.0 Å². The zero-order valence-electron chi connectivity index (χ0n) is 22.4. The number of hydrogen-bond donors (Lipinski definition) is 0. The van der Waals surface area contributed by atoms with Crippen LogP contribution in [0.15, 0.2) is 0 Å². The number of rotatable bonds is 7. The molecule has 36 heavy (non-hydrogen) atoms. The van der Waals surface area contributed by atoms with Crippen LogP contribution in [0, 0.1) is 12.3 Å². The van der Waals surface area contributed by atoms with E-state index in [-0.39, 0.29) is 20.1 Å². The summed E-state index contributed by atoms with van der Waals surface area (Å²) in [5, 5.41) is 4.62. The van der Waals surface area contributed by atoms with Gasteiger partial charge in [0.15, 0.2) is 0 Å². The Hall–Kier alpha value is 1.32. The summed E-state index contributed by atoms with van der Waals surface area (Å²) in [5.41, 5.74) is 1.61. The minimum Gasteiger partial charge on any atom is -0.661 e. The molecule has 7 unspecified atom stereocenters. The van der Waals surface area contributed by atoms with E-state index in [1.54, 1.807) is 0 Å². The molecule has 5 aliphatic rings. The minimum absolute atomic E-state index is 0. The van der Waals surface area contributed by atoms with Crippen molar-refractivity contribution in [2.45, 2.75) is 164 Å². The molecular weight excluding hydrogens is 667 g/mol. The van der Waals surface area contributed by atoms with E-state index in [0.29, 0.717) is 30.6 Å². The summed E-state index contributed by atoms with van der Waals surface area (Å²) in [6, 6.07) is 0.529. The molecule has 3 nitrogen and oxygen atoms in total. The second kappa shape index (κ2) is 18.6. The maximum Gasteiger partial charge on any atom is 0.0733 e. The second-order valence-corrected chi connectivity index (χ2v) is 14.2. The van der Waals surface area contributed by atoms with Gasteiger partial charge in [-0.2, -0.15) is 12.0 Å². The fourth-order valence-electron chi connectivity index (χ4n) is 6.59. The fourth-order valence-corrected chi connectivity index (χ4v) is 9.51. The summed E-state index contributed by atoms with van der Waals surface area (Å²) < 4.78 is 25.5.